The van der Waals surface area contributed by atoms with Crippen molar-refractivity contribution in [3.63, 3.8) is 0 Å². The Bertz CT molecular complexity index is 529. The summed E-state index contributed by atoms with van der Waals surface area (Å²) in [5.41, 5.74) is -0.762. The Morgan fingerprint density at radius 3 is 2.70 bits per heavy atom. The van der Waals surface area contributed by atoms with E-state index in [1.165, 1.54) is 0 Å². The van der Waals surface area contributed by atoms with Crippen molar-refractivity contribution in [3.05, 3.63) is 24.3 Å². The maximum absolute atomic E-state index is 12.8. The van der Waals surface area contributed by atoms with Crippen molar-refractivity contribution in [1.29, 1.82) is 0 Å². The molecule has 106 valence electrons. The van der Waals surface area contributed by atoms with Crippen LogP contribution in [0.25, 0.3) is 0 Å². The number of aromatic nitrogens is 2. The molecule has 1 saturated heterocycles. The molecule has 20 heavy (non-hydrogen) atoms. The van der Waals surface area contributed by atoms with Crippen LogP contribution in [0.4, 0.5) is 0 Å². The molecule has 2 amide bonds. The van der Waals surface area contributed by atoms with Crippen molar-refractivity contribution in [2.75, 3.05) is 6.54 Å². The summed E-state index contributed by atoms with van der Waals surface area (Å²) >= 11 is 0. The van der Waals surface area contributed by atoms with Crippen LogP contribution in [-0.4, -0.2) is 38.8 Å². The van der Waals surface area contributed by atoms with E-state index in [9.17, 15) is 9.59 Å². The molecule has 0 radical (unpaired) electrons. The second kappa shape index (κ2) is 4.85. The lowest BCUT2D eigenvalue weighted by atomic mass is 9.94. The molecule has 0 aromatic carbocycles. The lowest BCUT2D eigenvalue weighted by molar-refractivity contribution is -0.139. The Morgan fingerprint density at radius 2 is 2.05 bits per heavy atom. The molecule has 0 bridgehead atoms. The second-order valence-corrected chi connectivity index (χ2v) is 5.67. The summed E-state index contributed by atoms with van der Waals surface area (Å²) in [7, 11) is 0. The Hall–Kier alpha value is -1.98. The van der Waals surface area contributed by atoms with Gasteiger partial charge < -0.3 is 10.2 Å². The minimum absolute atomic E-state index is 0.0155. The molecule has 1 unspecified atom stereocenters. The summed E-state index contributed by atoms with van der Waals surface area (Å²) in [4.78, 5) is 34.6. The molecule has 2 fully saturated rings. The van der Waals surface area contributed by atoms with E-state index in [1.54, 1.807) is 23.4 Å². The Kier molecular flexibility index (Phi) is 3.16. The Balaban J connectivity index is 1.83. The number of carbonyl (C=O) groups is 2. The van der Waals surface area contributed by atoms with E-state index in [4.69, 9.17) is 0 Å². The van der Waals surface area contributed by atoms with E-state index in [1.807, 2.05) is 6.92 Å². The SMILES string of the molecule is CC1(C2CC2)NC(=O)CCN(Cc2ncccn2)C1=O. The highest BCUT2D eigenvalue weighted by atomic mass is 16.2. The van der Waals surface area contributed by atoms with Gasteiger partial charge in [-0.2, -0.15) is 0 Å². The molecule has 2 heterocycles. The van der Waals surface area contributed by atoms with Crippen LogP contribution in [0.3, 0.4) is 0 Å². The predicted molar refractivity (Wildman–Crippen MR) is 71.3 cm³/mol. The lowest BCUT2D eigenvalue weighted by Gasteiger charge is -2.31. The van der Waals surface area contributed by atoms with E-state index < -0.39 is 5.54 Å². The molecule has 1 N–H and O–H groups in total. The molecule has 2 aliphatic rings. The summed E-state index contributed by atoms with van der Waals surface area (Å²) in [6.07, 6.45) is 5.65. The van der Waals surface area contributed by atoms with Gasteiger partial charge in [0.15, 0.2) is 0 Å². The summed E-state index contributed by atoms with van der Waals surface area (Å²) in [6.45, 7) is 2.62. The maximum Gasteiger partial charge on any atom is 0.248 e. The van der Waals surface area contributed by atoms with Crippen molar-refractivity contribution in [3.8, 4) is 0 Å². The molecule has 1 aliphatic carbocycles. The number of hydrogen-bond acceptors (Lipinski definition) is 4. The van der Waals surface area contributed by atoms with Gasteiger partial charge in [0.1, 0.15) is 11.4 Å². The van der Waals surface area contributed by atoms with Gasteiger partial charge >= 0.3 is 0 Å². The molecule has 1 aromatic heterocycles. The van der Waals surface area contributed by atoms with Crippen LogP contribution in [0.5, 0.6) is 0 Å². The summed E-state index contributed by atoms with van der Waals surface area (Å²) in [6, 6.07) is 1.74. The van der Waals surface area contributed by atoms with E-state index in [0.29, 0.717) is 25.3 Å². The monoisotopic (exact) mass is 274 g/mol. The quantitative estimate of drug-likeness (QED) is 0.870. The van der Waals surface area contributed by atoms with Crippen LogP contribution in [0.1, 0.15) is 32.0 Å². The number of rotatable bonds is 3. The molecule has 1 atom stereocenters. The molecule has 1 aromatic rings. The van der Waals surface area contributed by atoms with Gasteiger partial charge in [-0.15, -0.1) is 0 Å². The number of hydrogen-bond donors (Lipinski definition) is 1. The fraction of sp³-hybridized carbons (Fsp3) is 0.571. The van der Waals surface area contributed by atoms with E-state index >= 15 is 0 Å². The number of nitrogens with one attached hydrogen (secondary N) is 1. The smallest absolute Gasteiger partial charge is 0.248 e. The van der Waals surface area contributed by atoms with Crippen molar-refractivity contribution >= 4 is 11.8 Å². The minimum atomic E-state index is -0.762. The van der Waals surface area contributed by atoms with Gasteiger partial charge in [0.2, 0.25) is 11.8 Å². The minimum Gasteiger partial charge on any atom is -0.342 e. The summed E-state index contributed by atoms with van der Waals surface area (Å²) in [5.74, 6) is 0.798. The maximum atomic E-state index is 12.8. The van der Waals surface area contributed by atoms with Crippen LogP contribution in [-0.2, 0) is 16.1 Å². The molecular weight excluding hydrogens is 256 g/mol. The van der Waals surface area contributed by atoms with Gasteiger partial charge in [0, 0.05) is 25.4 Å². The van der Waals surface area contributed by atoms with Crippen LogP contribution in [0, 0.1) is 5.92 Å². The molecule has 1 aliphatic heterocycles. The molecule has 1 saturated carbocycles. The Labute approximate surface area is 117 Å². The van der Waals surface area contributed by atoms with Crippen molar-refractivity contribution in [2.45, 2.75) is 38.3 Å². The van der Waals surface area contributed by atoms with Crippen molar-refractivity contribution < 1.29 is 9.59 Å². The fourth-order valence-corrected chi connectivity index (χ4v) is 2.74. The van der Waals surface area contributed by atoms with Crippen LogP contribution >= 0.6 is 0 Å². The first-order valence-corrected chi connectivity index (χ1v) is 6.96. The average Bonchev–Trinajstić information content (AvgIpc) is 3.28. The third-order valence-electron chi connectivity index (χ3n) is 4.08. The lowest BCUT2D eigenvalue weighted by Crippen LogP contribution is -2.56. The first kappa shape index (κ1) is 13.0. The van der Waals surface area contributed by atoms with Crippen LogP contribution in [0.2, 0.25) is 0 Å². The zero-order valence-corrected chi connectivity index (χ0v) is 11.5. The van der Waals surface area contributed by atoms with Gasteiger partial charge in [-0.25, -0.2) is 9.97 Å². The molecule has 6 nitrogen and oxygen atoms in total. The summed E-state index contributed by atoms with van der Waals surface area (Å²) < 4.78 is 0. The van der Waals surface area contributed by atoms with Crippen LogP contribution < -0.4 is 5.32 Å². The fourth-order valence-electron chi connectivity index (χ4n) is 2.74. The zero-order valence-electron chi connectivity index (χ0n) is 11.5. The second-order valence-electron chi connectivity index (χ2n) is 5.67. The predicted octanol–water partition coefficient (Wildman–Crippen LogP) is 0.494. The first-order valence-electron chi connectivity index (χ1n) is 6.96. The zero-order chi connectivity index (χ0) is 14.2. The summed E-state index contributed by atoms with van der Waals surface area (Å²) in [5, 5.41) is 2.91. The van der Waals surface area contributed by atoms with Crippen molar-refractivity contribution in [2.24, 2.45) is 5.92 Å². The van der Waals surface area contributed by atoms with E-state index in [2.05, 4.69) is 15.3 Å². The first-order chi connectivity index (χ1) is 9.59. The van der Waals surface area contributed by atoms with E-state index in [-0.39, 0.29) is 17.7 Å². The topological polar surface area (TPSA) is 75.2 Å². The van der Waals surface area contributed by atoms with Gasteiger partial charge in [-0.05, 0) is 31.7 Å². The van der Waals surface area contributed by atoms with Crippen molar-refractivity contribution in [1.82, 2.24) is 20.2 Å². The number of amides is 2. The largest absolute Gasteiger partial charge is 0.342 e. The average molecular weight is 274 g/mol. The highest BCUT2D eigenvalue weighted by Crippen LogP contribution is 2.41. The van der Waals surface area contributed by atoms with Gasteiger partial charge in [0.25, 0.3) is 0 Å². The molecule has 3 rings (SSSR count). The van der Waals surface area contributed by atoms with E-state index in [0.717, 1.165) is 12.8 Å². The van der Waals surface area contributed by atoms with Gasteiger partial charge in [-0.1, -0.05) is 0 Å². The highest BCUT2D eigenvalue weighted by Gasteiger charge is 2.51. The third kappa shape index (κ3) is 2.37. The van der Waals surface area contributed by atoms with Gasteiger partial charge in [-0.3, -0.25) is 9.59 Å². The number of carbonyl (C=O) groups excluding carboxylic acids is 2. The highest BCUT2D eigenvalue weighted by molar-refractivity contribution is 5.93. The van der Waals surface area contributed by atoms with Crippen LogP contribution in [0.15, 0.2) is 18.5 Å². The molecule has 0 spiro atoms. The normalized spacial score (nSPS) is 27.1. The molecular formula is C14H18N4O2. The van der Waals surface area contributed by atoms with Gasteiger partial charge in [0.05, 0.1) is 6.54 Å². The molecule has 6 heteroatoms. The third-order valence-corrected chi connectivity index (χ3v) is 4.08. The standard InChI is InChI=1S/C14H18N4O2/c1-14(10-3-4-10)13(20)18(8-5-12(19)17-14)9-11-15-6-2-7-16-11/h2,6-7,10H,3-5,8-9H2,1H3,(H,17,19). The number of nitrogens with zero attached hydrogens (tertiary/aromatic N) is 3. The Morgan fingerprint density at radius 1 is 1.35 bits per heavy atom.